The molecular formula is C13H17BrO2. The molecule has 0 spiro atoms. The maximum Gasteiger partial charge on any atom is 0.123 e. The summed E-state index contributed by atoms with van der Waals surface area (Å²) in [5.74, 6) is 1.74. The van der Waals surface area contributed by atoms with Crippen LogP contribution in [0.25, 0.3) is 0 Å². The maximum absolute atomic E-state index is 5.84. The molecule has 0 unspecified atom stereocenters. The number of benzene rings is 1. The third-order valence-electron chi connectivity index (χ3n) is 3.28. The van der Waals surface area contributed by atoms with Crippen LogP contribution in [0.5, 0.6) is 11.5 Å². The van der Waals surface area contributed by atoms with Gasteiger partial charge in [-0.2, -0.15) is 0 Å². The molecule has 0 atom stereocenters. The van der Waals surface area contributed by atoms with Crippen LogP contribution in [0.1, 0.15) is 19.3 Å². The Morgan fingerprint density at radius 1 is 1.31 bits per heavy atom. The zero-order valence-electron chi connectivity index (χ0n) is 9.54. The first kappa shape index (κ1) is 11.8. The molecule has 1 fully saturated rings. The molecule has 3 heteroatoms. The average molecular weight is 285 g/mol. The highest BCUT2D eigenvalue weighted by Crippen LogP contribution is 2.42. The van der Waals surface area contributed by atoms with Crippen LogP contribution >= 0.6 is 15.9 Å². The molecule has 0 aromatic heterocycles. The Balaban J connectivity index is 1.93. The SMILES string of the molecule is COc1cccc(OCC2(CBr)CCC2)c1. The van der Waals surface area contributed by atoms with E-state index in [1.807, 2.05) is 24.3 Å². The molecule has 1 aliphatic carbocycles. The number of alkyl halides is 1. The van der Waals surface area contributed by atoms with Crippen LogP contribution in [0, 0.1) is 5.41 Å². The van der Waals surface area contributed by atoms with Crippen molar-refractivity contribution in [3.63, 3.8) is 0 Å². The Hall–Kier alpha value is -0.700. The summed E-state index contributed by atoms with van der Waals surface area (Å²) in [7, 11) is 1.67. The molecule has 2 rings (SSSR count). The number of ether oxygens (including phenoxy) is 2. The predicted octanol–water partition coefficient (Wildman–Crippen LogP) is 3.64. The summed E-state index contributed by atoms with van der Waals surface area (Å²) in [5.41, 5.74) is 0.364. The van der Waals surface area contributed by atoms with Crippen molar-refractivity contribution >= 4 is 15.9 Å². The van der Waals surface area contributed by atoms with E-state index in [-0.39, 0.29) is 0 Å². The van der Waals surface area contributed by atoms with Gasteiger partial charge in [0, 0.05) is 16.8 Å². The smallest absolute Gasteiger partial charge is 0.123 e. The Kier molecular flexibility index (Phi) is 3.74. The van der Waals surface area contributed by atoms with Gasteiger partial charge in [0.2, 0.25) is 0 Å². The third-order valence-corrected chi connectivity index (χ3v) is 4.47. The Morgan fingerprint density at radius 3 is 2.62 bits per heavy atom. The van der Waals surface area contributed by atoms with Gasteiger partial charge in [-0.15, -0.1) is 0 Å². The Bertz CT molecular complexity index is 342. The molecule has 0 N–H and O–H groups in total. The fraction of sp³-hybridized carbons (Fsp3) is 0.538. The van der Waals surface area contributed by atoms with Gasteiger partial charge in [-0.25, -0.2) is 0 Å². The summed E-state index contributed by atoms with van der Waals surface area (Å²) in [6.07, 6.45) is 3.86. The van der Waals surface area contributed by atoms with E-state index in [4.69, 9.17) is 9.47 Å². The van der Waals surface area contributed by atoms with Crippen molar-refractivity contribution in [2.24, 2.45) is 5.41 Å². The summed E-state index contributed by atoms with van der Waals surface area (Å²) >= 11 is 3.58. The first-order valence-corrected chi connectivity index (χ1v) is 6.73. The molecular weight excluding hydrogens is 268 g/mol. The van der Waals surface area contributed by atoms with Crippen molar-refractivity contribution in [1.29, 1.82) is 0 Å². The molecule has 0 amide bonds. The van der Waals surface area contributed by atoms with Crippen molar-refractivity contribution in [2.75, 3.05) is 19.0 Å². The molecule has 0 saturated heterocycles. The van der Waals surface area contributed by atoms with E-state index in [0.717, 1.165) is 23.4 Å². The zero-order chi connectivity index (χ0) is 11.4. The van der Waals surface area contributed by atoms with E-state index >= 15 is 0 Å². The van der Waals surface area contributed by atoms with Crippen LogP contribution < -0.4 is 9.47 Å². The second-order valence-corrected chi connectivity index (χ2v) is 5.02. The molecule has 2 nitrogen and oxygen atoms in total. The first-order valence-electron chi connectivity index (χ1n) is 5.61. The normalized spacial score (nSPS) is 17.6. The second kappa shape index (κ2) is 5.09. The monoisotopic (exact) mass is 284 g/mol. The number of methoxy groups -OCH3 is 1. The molecule has 0 radical (unpaired) electrons. The van der Waals surface area contributed by atoms with Gasteiger partial charge >= 0.3 is 0 Å². The van der Waals surface area contributed by atoms with Gasteiger partial charge in [0.05, 0.1) is 13.7 Å². The Morgan fingerprint density at radius 2 is 2.06 bits per heavy atom. The summed E-state index contributed by atoms with van der Waals surface area (Å²) in [4.78, 5) is 0. The quantitative estimate of drug-likeness (QED) is 0.769. The molecule has 0 bridgehead atoms. The minimum atomic E-state index is 0.364. The van der Waals surface area contributed by atoms with Gasteiger partial charge in [-0.05, 0) is 25.0 Å². The maximum atomic E-state index is 5.84. The lowest BCUT2D eigenvalue weighted by molar-refractivity contribution is 0.0837. The molecule has 1 saturated carbocycles. The van der Waals surface area contributed by atoms with E-state index < -0.39 is 0 Å². The molecule has 1 aromatic carbocycles. The third kappa shape index (κ3) is 2.51. The van der Waals surface area contributed by atoms with Gasteiger partial charge in [0.25, 0.3) is 0 Å². The molecule has 1 aromatic rings. The van der Waals surface area contributed by atoms with Gasteiger partial charge in [0.15, 0.2) is 0 Å². The standard InChI is InChI=1S/C13H17BrO2/c1-15-11-4-2-5-12(8-11)16-10-13(9-14)6-3-7-13/h2,4-5,8H,3,6-7,9-10H2,1H3. The highest BCUT2D eigenvalue weighted by atomic mass is 79.9. The van der Waals surface area contributed by atoms with Crippen LogP contribution in [0.15, 0.2) is 24.3 Å². The predicted molar refractivity (Wildman–Crippen MR) is 68.6 cm³/mol. The van der Waals surface area contributed by atoms with Gasteiger partial charge in [0.1, 0.15) is 11.5 Å². The van der Waals surface area contributed by atoms with Crippen LogP contribution in [0.3, 0.4) is 0 Å². The van der Waals surface area contributed by atoms with Crippen molar-refractivity contribution in [3.05, 3.63) is 24.3 Å². The van der Waals surface area contributed by atoms with Crippen LogP contribution in [0.4, 0.5) is 0 Å². The molecule has 88 valence electrons. The molecule has 1 aliphatic rings. The molecule has 0 aliphatic heterocycles. The lowest BCUT2D eigenvalue weighted by Crippen LogP contribution is -2.37. The topological polar surface area (TPSA) is 18.5 Å². The van der Waals surface area contributed by atoms with Crippen LogP contribution in [-0.4, -0.2) is 19.0 Å². The summed E-state index contributed by atoms with van der Waals surface area (Å²) < 4.78 is 11.0. The largest absolute Gasteiger partial charge is 0.497 e. The summed E-state index contributed by atoms with van der Waals surface area (Å²) in [6.45, 7) is 0.797. The van der Waals surface area contributed by atoms with E-state index in [0.29, 0.717) is 5.41 Å². The minimum Gasteiger partial charge on any atom is -0.497 e. The number of halogens is 1. The van der Waals surface area contributed by atoms with Gasteiger partial charge in [-0.3, -0.25) is 0 Å². The van der Waals surface area contributed by atoms with E-state index in [9.17, 15) is 0 Å². The fourth-order valence-corrected chi connectivity index (χ4v) is 2.64. The lowest BCUT2D eigenvalue weighted by Gasteiger charge is -2.39. The number of hydrogen-bond donors (Lipinski definition) is 0. The van der Waals surface area contributed by atoms with Crippen molar-refractivity contribution < 1.29 is 9.47 Å². The van der Waals surface area contributed by atoms with Crippen molar-refractivity contribution in [1.82, 2.24) is 0 Å². The highest BCUT2D eigenvalue weighted by Gasteiger charge is 2.36. The van der Waals surface area contributed by atoms with E-state index in [1.165, 1.54) is 19.3 Å². The van der Waals surface area contributed by atoms with Crippen molar-refractivity contribution in [3.8, 4) is 11.5 Å². The lowest BCUT2D eigenvalue weighted by atomic mass is 9.71. The second-order valence-electron chi connectivity index (χ2n) is 4.45. The molecule has 16 heavy (non-hydrogen) atoms. The highest BCUT2D eigenvalue weighted by molar-refractivity contribution is 9.09. The molecule has 0 heterocycles. The van der Waals surface area contributed by atoms with E-state index in [1.54, 1.807) is 7.11 Å². The van der Waals surface area contributed by atoms with E-state index in [2.05, 4.69) is 15.9 Å². The first-order chi connectivity index (χ1) is 7.78. The van der Waals surface area contributed by atoms with Gasteiger partial charge in [-0.1, -0.05) is 28.4 Å². The van der Waals surface area contributed by atoms with Crippen LogP contribution in [0.2, 0.25) is 0 Å². The minimum absolute atomic E-state index is 0.364. The number of hydrogen-bond acceptors (Lipinski definition) is 2. The Labute approximate surface area is 105 Å². The zero-order valence-corrected chi connectivity index (χ0v) is 11.1. The van der Waals surface area contributed by atoms with Crippen molar-refractivity contribution in [2.45, 2.75) is 19.3 Å². The number of rotatable bonds is 5. The average Bonchev–Trinajstić information content (AvgIpc) is 2.29. The summed E-state index contributed by atoms with van der Waals surface area (Å²) in [6, 6.07) is 7.79. The van der Waals surface area contributed by atoms with Gasteiger partial charge < -0.3 is 9.47 Å². The fourth-order valence-electron chi connectivity index (χ4n) is 1.92. The summed E-state index contributed by atoms with van der Waals surface area (Å²) in [5, 5.41) is 1.03. The van der Waals surface area contributed by atoms with Crippen LogP contribution in [-0.2, 0) is 0 Å².